The minimum atomic E-state index is -4.51. The zero-order chi connectivity index (χ0) is 19.2. The summed E-state index contributed by atoms with van der Waals surface area (Å²) in [5.74, 6) is 4.80. The molecule has 0 aromatic heterocycles. The zero-order valence-corrected chi connectivity index (χ0v) is 14.9. The summed E-state index contributed by atoms with van der Waals surface area (Å²) in [6, 6.07) is 11.4. The van der Waals surface area contributed by atoms with Crippen LogP contribution < -0.4 is 4.72 Å². The monoisotopic (exact) mass is 381 g/mol. The summed E-state index contributed by atoms with van der Waals surface area (Å²) in [7, 11) is -3.76. The number of alkyl halides is 3. The molecule has 0 radical (unpaired) electrons. The fraction of sp³-hybridized carbons (Fsp3) is 0.263. The highest BCUT2D eigenvalue weighted by Gasteiger charge is 2.32. The molecule has 0 amide bonds. The molecule has 0 saturated carbocycles. The lowest BCUT2D eigenvalue weighted by molar-refractivity contribution is -0.137. The van der Waals surface area contributed by atoms with Crippen molar-refractivity contribution in [3.8, 4) is 11.8 Å². The average Bonchev–Trinajstić information content (AvgIpc) is 2.59. The van der Waals surface area contributed by atoms with E-state index in [1.807, 2.05) is 6.92 Å². The van der Waals surface area contributed by atoms with E-state index in [1.54, 1.807) is 12.1 Å². The van der Waals surface area contributed by atoms with E-state index in [0.29, 0.717) is 0 Å². The van der Waals surface area contributed by atoms with Crippen LogP contribution in [0.5, 0.6) is 0 Å². The molecule has 2 aromatic carbocycles. The van der Waals surface area contributed by atoms with Crippen molar-refractivity contribution in [2.45, 2.75) is 30.8 Å². The summed E-state index contributed by atoms with van der Waals surface area (Å²) >= 11 is 0. The predicted octanol–water partition coefficient (Wildman–Crippen LogP) is 3.99. The van der Waals surface area contributed by atoms with Crippen molar-refractivity contribution >= 4 is 10.0 Å². The van der Waals surface area contributed by atoms with Crippen LogP contribution in [0.1, 0.15) is 30.0 Å². The summed E-state index contributed by atoms with van der Waals surface area (Å²) < 4.78 is 65.3. The maximum absolute atomic E-state index is 12.9. The third-order valence-corrected chi connectivity index (χ3v) is 5.00. The van der Waals surface area contributed by atoms with E-state index in [1.165, 1.54) is 30.3 Å². The van der Waals surface area contributed by atoms with E-state index in [9.17, 15) is 21.6 Å². The Morgan fingerprint density at radius 2 is 1.69 bits per heavy atom. The lowest BCUT2D eigenvalue weighted by Gasteiger charge is -2.08. The van der Waals surface area contributed by atoms with Crippen molar-refractivity contribution in [3.63, 3.8) is 0 Å². The highest BCUT2D eigenvalue weighted by atomic mass is 32.2. The van der Waals surface area contributed by atoms with Crippen LogP contribution in [0.25, 0.3) is 0 Å². The number of sulfonamides is 1. The molecule has 0 saturated heterocycles. The standard InChI is InChI=1S/C19H18F3NO2S/c1-2-6-15-10-12-17(13-11-15)26(24,25)23-14-5-8-16-7-3-4-9-18(16)19(20,21)22/h3-4,7,9-13,23H,2,6,14H2,1H3. The number of nitrogens with one attached hydrogen (secondary N) is 1. The van der Waals surface area contributed by atoms with Gasteiger partial charge in [-0.25, -0.2) is 8.42 Å². The van der Waals surface area contributed by atoms with Crippen LogP contribution in [0.4, 0.5) is 13.2 Å². The third-order valence-electron chi connectivity index (χ3n) is 3.58. The second-order valence-corrected chi connectivity index (χ2v) is 7.33. The molecule has 0 bridgehead atoms. The minimum absolute atomic E-state index is 0.0924. The van der Waals surface area contributed by atoms with Gasteiger partial charge in [-0.05, 0) is 36.2 Å². The molecule has 3 nitrogen and oxygen atoms in total. The van der Waals surface area contributed by atoms with Gasteiger partial charge in [0.2, 0.25) is 10.0 Å². The van der Waals surface area contributed by atoms with Crippen LogP contribution in [-0.2, 0) is 22.6 Å². The maximum Gasteiger partial charge on any atom is 0.417 e. The Hall–Kier alpha value is -2.30. The number of aryl methyl sites for hydroxylation is 1. The summed E-state index contributed by atoms with van der Waals surface area (Å²) in [6.45, 7) is 1.74. The van der Waals surface area contributed by atoms with Gasteiger partial charge >= 0.3 is 6.18 Å². The first-order chi connectivity index (χ1) is 12.2. The first kappa shape index (κ1) is 20.0. The smallest absolute Gasteiger partial charge is 0.207 e. The predicted molar refractivity (Wildman–Crippen MR) is 93.9 cm³/mol. The van der Waals surface area contributed by atoms with E-state index in [2.05, 4.69) is 16.6 Å². The Kier molecular flexibility index (Phi) is 6.46. The number of halogens is 3. The van der Waals surface area contributed by atoms with Gasteiger partial charge in [-0.2, -0.15) is 17.9 Å². The molecule has 0 aliphatic rings. The molecule has 0 aliphatic carbocycles. The molecule has 0 heterocycles. The number of rotatable bonds is 5. The Morgan fingerprint density at radius 3 is 2.31 bits per heavy atom. The molecular weight excluding hydrogens is 363 g/mol. The van der Waals surface area contributed by atoms with Gasteiger partial charge in [0.25, 0.3) is 0 Å². The Morgan fingerprint density at radius 1 is 1.04 bits per heavy atom. The molecule has 0 spiro atoms. The fourth-order valence-electron chi connectivity index (χ4n) is 2.32. The molecule has 0 fully saturated rings. The molecule has 0 aliphatic heterocycles. The van der Waals surface area contributed by atoms with Crippen LogP contribution in [0, 0.1) is 11.8 Å². The van der Waals surface area contributed by atoms with E-state index in [0.717, 1.165) is 24.5 Å². The van der Waals surface area contributed by atoms with Gasteiger partial charge in [0.1, 0.15) is 0 Å². The minimum Gasteiger partial charge on any atom is -0.207 e. The normalized spacial score (nSPS) is 11.7. The van der Waals surface area contributed by atoms with Gasteiger partial charge in [-0.3, -0.25) is 0 Å². The van der Waals surface area contributed by atoms with E-state index < -0.39 is 21.8 Å². The third kappa shape index (κ3) is 5.35. The number of hydrogen-bond donors (Lipinski definition) is 1. The van der Waals surface area contributed by atoms with Gasteiger partial charge in [0.15, 0.2) is 0 Å². The molecule has 7 heteroatoms. The van der Waals surface area contributed by atoms with Crippen LogP contribution >= 0.6 is 0 Å². The lowest BCUT2D eigenvalue weighted by Crippen LogP contribution is -2.24. The number of benzene rings is 2. The van der Waals surface area contributed by atoms with Crippen molar-refractivity contribution in [1.82, 2.24) is 4.72 Å². The van der Waals surface area contributed by atoms with Crippen molar-refractivity contribution in [3.05, 3.63) is 65.2 Å². The quantitative estimate of drug-likeness (QED) is 0.796. The molecule has 1 N–H and O–H groups in total. The highest BCUT2D eigenvalue weighted by Crippen LogP contribution is 2.31. The van der Waals surface area contributed by atoms with E-state index in [4.69, 9.17) is 0 Å². The number of hydrogen-bond acceptors (Lipinski definition) is 2. The summed E-state index contributed by atoms with van der Waals surface area (Å²) in [5, 5.41) is 0. The molecule has 138 valence electrons. The first-order valence-electron chi connectivity index (χ1n) is 7.98. The Balaban J connectivity index is 2.07. The van der Waals surface area contributed by atoms with Crippen molar-refractivity contribution in [2.24, 2.45) is 0 Å². The Labute approximate surface area is 151 Å². The average molecular weight is 381 g/mol. The molecule has 2 aromatic rings. The van der Waals surface area contributed by atoms with E-state index >= 15 is 0 Å². The van der Waals surface area contributed by atoms with Crippen molar-refractivity contribution in [2.75, 3.05) is 6.54 Å². The second kappa shape index (κ2) is 8.39. The van der Waals surface area contributed by atoms with Gasteiger partial charge in [0, 0.05) is 5.56 Å². The fourth-order valence-corrected chi connectivity index (χ4v) is 3.24. The SMILES string of the molecule is CCCc1ccc(S(=O)(=O)NCC#Cc2ccccc2C(F)(F)F)cc1. The van der Waals surface area contributed by atoms with Gasteiger partial charge in [-0.15, -0.1) is 0 Å². The van der Waals surface area contributed by atoms with Crippen LogP contribution in [0.3, 0.4) is 0 Å². The highest BCUT2D eigenvalue weighted by molar-refractivity contribution is 7.89. The molecule has 0 atom stereocenters. The summed E-state index contributed by atoms with van der Waals surface area (Å²) in [4.78, 5) is 0.0924. The summed E-state index contributed by atoms with van der Waals surface area (Å²) in [6.07, 6.45) is -2.69. The van der Waals surface area contributed by atoms with Gasteiger partial charge in [0.05, 0.1) is 17.0 Å². The van der Waals surface area contributed by atoms with Crippen LogP contribution in [0.15, 0.2) is 53.4 Å². The molecule has 2 rings (SSSR count). The maximum atomic E-state index is 12.9. The van der Waals surface area contributed by atoms with Crippen LogP contribution in [-0.4, -0.2) is 15.0 Å². The summed E-state index contributed by atoms with van der Waals surface area (Å²) in [5.41, 5.74) is -0.0000130. The largest absolute Gasteiger partial charge is 0.417 e. The first-order valence-corrected chi connectivity index (χ1v) is 9.46. The van der Waals surface area contributed by atoms with Crippen molar-refractivity contribution < 1.29 is 21.6 Å². The van der Waals surface area contributed by atoms with E-state index in [-0.39, 0.29) is 17.0 Å². The second-order valence-electron chi connectivity index (χ2n) is 5.56. The Bertz CT molecular complexity index is 908. The van der Waals surface area contributed by atoms with Gasteiger partial charge < -0.3 is 0 Å². The lowest BCUT2D eigenvalue weighted by atomic mass is 10.1. The molecule has 26 heavy (non-hydrogen) atoms. The van der Waals surface area contributed by atoms with Crippen molar-refractivity contribution in [1.29, 1.82) is 0 Å². The zero-order valence-electron chi connectivity index (χ0n) is 14.1. The molecular formula is C19H18F3NO2S. The van der Waals surface area contributed by atoms with Crippen LogP contribution in [0.2, 0.25) is 0 Å². The van der Waals surface area contributed by atoms with Gasteiger partial charge in [-0.1, -0.05) is 49.5 Å². The topological polar surface area (TPSA) is 46.2 Å². The molecule has 0 unspecified atom stereocenters.